The molecule has 4 aromatic rings. The van der Waals surface area contributed by atoms with Gasteiger partial charge >= 0.3 is 0 Å². The number of H-pyrrole nitrogens is 1. The number of aryl methyl sites for hydroxylation is 1. The smallest absolute Gasteiger partial charge is 0.266 e. The van der Waals surface area contributed by atoms with Crippen LogP contribution in [0, 0.1) is 5.82 Å². The van der Waals surface area contributed by atoms with Crippen LogP contribution >= 0.6 is 11.8 Å². The lowest BCUT2D eigenvalue weighted by Crippen LogP contribution is -2.07. The zero-order chi connectivity index (χ0) is 20.2. The third-order valence-corrected chi connectivity index (χ3v) is 5.27. The van der Waals surface area contributed by atoms with Gasteiger partial charge in [0.15, 0.2) is 16.6 Å². The molecule has 0 bridgehead atoms. The molecule has 0 atom stereocenters. The number of aromatic amines is 1. The first-order valence-electron chi connectivity index (χ1n) is 9.24. The molecular weight excluding hydrogens is 391 g/mol. The van der Waals surface area contributed by atoms with Crippen LogP contribution in [-0.4, -0.2) is 31.9 Å². The van der Waals surface area contributed by atoms with Crippen molar-refractivity contribution in [2.45, 2.75) is 18.5 Å². The summed E-state index contributed by atoms with van der Waals surface area (Å²) < 4.78 is 21.6. The molecule has 0 aliphatic rings. The van der Waals surface area contributed by atoms with E-state index in [0.717, 1.165) is 17.7 Å². The molecule has 29 heavy (non-hydrogen) atoms. The van der Waals surface area contributed by atoms with Gasteiger partial charge in [0.05, 0.1) is 12.2 Å². The van der Waals surface area contributed by atoms with Gasteiger partial charge in [0.25, 0.3) is 5.56 Å². The second kappa shape index (κ2) is 8.48. The first kappa shape index (κ1) is 19.2. The van der Waals surface area contributed by atoms with E-state index in [4.69, 9.17) is 4.74 Å². The molecule has 0 aliphatic carbocycles. The normalized spacial score (nSPS) is 11.1. The number of para-hydroxylation sites is 1. The van der Waals surface area contributed by atoms with Gasteiger partial charge < -0.3 is 4.74 Å². The molecule has 2 aromatic carbocycles. The molecule has 0 radical (unpaired) electrons. The Labute approximate surface area is 170 Å². The molecule has 4 rings (SSSR count). The quantitative estimate of drug-likeness (QED) is 0.369. The number of thioether (sulfide) groups is 1. The summed E-state index contributed by atoms with van der Waals surface area (Å²) in [7, 11) is 0. The summed E-state index contributed by atoms with van der Waals surface area (Å²) in [5.74, 6) is 1.29. The van der Waals surface area contributed by atoms with E-state index in [1.165, 1.54) is 28.4 Å². The minimum absolute atomic E-state index is 0.238. The van der Waals surface area contributed by atoms with Crippen LogP contribution in [-0.2, 0) is 6.42 Å². The third-order valence-electron chi connectivity index (χ3n) is 4.36. The minimum atomic E-state index is -0.412. The van der Waals surface area contributed by atoms with Crippen LogP contribution in [0.3, 0.4) is 0 Å². The molecule has 8 heteroatoms. The molecule has 1 N–H and O–H groups in total. The highest BCUT2D eigenvalue weighted by Crippen LogP contribution is 2.24. The number of nitrogens with one attached hydrogen (secondary N) is 1. The van der Waals surface area contributed by atoms with Crippen molar-refractivity contribution in [3.63, 3.8) is 0 Å². The Morgan fingerprint density at radius 3 is 2.76 bits per heavy atom. The largest absolute Gasteiger partial charge is 0.492 e. The fourth-order valence-electron chi connectivity index (χ4n) is 2.96. The zero-order valence-corrected chi connectivity index (χ0v) is 16.6. The number of nitrogens with zero attached hydrogens (tertiary/aromatic N) is 3. The first-order valence-corrected chi connectivity index (χ1v) is 10.2. The number of hydrogen-bond donors (Lipinski definition) is 1. The maximum Gasteiger partial charge on any atom is 0.266 e. The van der Waals surface area contributed by atoms with Gasteiger partial charge in [-0.05, 0) is 30.2 Å². The summed E-state index contributed by atoms with van der Waals surface area (Å²) in [6.45, 7) is 2.55. The maximum atomic E-state index is 14.2. The average Bonchev–Trinajstić information content (AvgIpc) is 3.12. The molecule has 0 saturated heterocycles. The van der Waals surface area contributed by atoms with E-state index < -0.39 is 5.82 Å². The Morgan fingerprint density at radius 1 is 1.14 bits per heavy atom. The van der Waals surface area contributed by atoms with Crippen molar-refractivity contribution >= 4 is 17.4 Å². The highest BCUT2D eigenvalue weighted by atomic mass is 32.2. The number of ether oxygens (including phenoxy) is 1. The van der Waals surface area contributed by atoms with Gasteiger partial charge in [0.2, 0.25) is 0 Å². The van der Waals surface area contributed by atoms with Crippen LogP contribution in [0.1, 0.15) is 12.5 Å². The highest BCUT2D eigenvalue weighted by Gasteiger charge is 2.14. The Kier molecular flexibility index (Phi) is 5.62. The molecule has 0 aliphatic heterocycles. The molecule has 148 valence electrons. The highest BCUT2D eigenvalue weighted by molar-refractivity contribution is 7.99. The van der Waals surface area contributed by atoms with Gasteiger partial charge in [0, 0.05) is 11.8 Å². The Balaban J connectivity index is 1.56. The fraction of sp³-hybridized carbons (Fsp3) is 0.190. The number of halogens is 1. The van der Waals surface area contributed by atoms with E-state index in [9.17, 15) is 9.18 Å². The molecule has 0 spiro atoms. The summed E-state index contributed by atoms with van der Waals surface area (Å²) >= 11 is 1.40. The molecule has 0 saturated carbocycles. The summed E-state index contributed by atoms with van der Waals surface area (Å²) in [5.41, 5.74) is 1.54. The molecule has 0 amide bonds. The van der Waals surface area contributed by atoms with E-state index >= 15 is 0 Å². The lowest BCUT2D eigenvalue weighted by molar-refractivity contribution is 0.340. The lowest BCUT2D eigenvalue weighted by atomic mass is 10.1. The van der Waals surface area contributed by atoms with E-state index in [1.807, 2.05) is 24.3 Å². The number of rotatable bonds is 7. The van der Waals surface area contributed by atoms with Crippen molar-refractivity contribution in [3.05, 3.63) is 76.3 Å². The number of fused-ring (bicyclic) bond motifs is 1. The fourth-order valence-corrected chi connectivity index (χ4v) is 3.73. The Bertz CT molecular complexity index is 1200. The average molecular weight is 410 g/mol. The summed E-state index contributed by atoms with van der Waals surface area (Å²) in [6, 6.07) is 15.6. The van der Waals surface area contributed by atoms with Crippen molar-refractivity contribution in [2.24, 2.45) is 0 Å². The topological polar surface area (TPSA) is 72.3 Å². The van der Waals surface area contributed by atoms with Crippen LogP contribution in [0.5, 0.6) is 5.75 Å². The van der Waals surface area contributed by atoms with Crippen molar-refractivity contribution in [2.75, 3.05) is 12.4 Å². The van der Waals surface area contributed by atoms with Gasteiger partial charge in [-0.2, -0.15) is 0 Å². The van der Waals surface area contributed by atoms with E-state index in [2.05, 4.69) is 22.0 Å². The third kappa shape index (κ3) is 4.17. The van der Waals surface area contributed by atoms with Crippen LogP contribution in [0.2, 0.25) is 0 Å². The predicted molar refractivity (Wildman–Crippen MR) is 111 cm³/mol. The second-order valence-corrected chi connectivity index (χ2v) is 7.34. The SMILES string of the molecule is CCc1ccccc1OCCSc1nc(-c2ccccc2F)nc2cc(=O)[nH]n12. The Hall–Kier alpha value is -3.13. The summed E-state index contributed by atoms with van der Waals surface area (Å²) in [5, 5.41) is 3.19. The molecule has 2 heterocycles. The molecule has 2 aromatic heterocycles. The van der Waals surface area contributed by atoms with Crippen LogP contribution in [0.15, 0.2) is 64.5 Å². The van der Waals surface area contributed by atoms with Crippen LogP contribution in [0.25, 0.3) is 17.0 Å². The molecule has 0 fully saturated rings. The lowest BCUT2D eigenvalue weighted by Gasteiger charge is -2.11. The number of aromatic nitrogens is 4. The van der Waals surface area contributed by atoms with Crippen LogP contribution in [0.4, 0.5) is 4.39 Å². The summed E-state index contributed by atoms with van der Waals surface area (Å²) in [4.78, 5) is 20.6. The van der Waals surface area contributed by atoms with Gasteiger partial charge in [-0.3, -0.25) is 9.89 Å². The van der Waals surface area contributed by atoms with E-state index in [-0.39, 0.29) is 11.4 Å². The molecule has 6 nitrogen and oxygen atoms in total. The van der Waals surface area contributed by atoms with Gasteiger partial charge in [0.1, 0.15) is 11.6 Å². The first-order chi connectivity index (χ1) is 14.2. The second-order valence-electron chi connectivity index (χ2n) is 6.28. The molecule has 0 unspecified atom stereocenters. The number of hydrogen-bond acceptors (Lipinski definition) is 5. The van der Waals surface area contributed by atoms with Gasteiger partial charge in [-0.1, -0.05) is 49.0 Å². The van der Waals surface area contributed by atoms with E-state index in [1.54, 1.807) is 18.2 Å². The standard InChI is InChI=1S/C21H19FN4O2S/c1-2-14-7-3-6-10-17(14)28-11-12-29-21-24-20(15-8-4-5-9-16(15)22)23-18-13-19(27)25-26(18)21/h3-10,13H,2,11-12H2,1H3,(H,25,27). The predicted octanol–water partition coefficient (Wildman–Crippen LogP) is 3.96. The monoisotopic (exact) mass is 410 g/mol. The van der Waals surface area contributed by atoms with Crippen molar-refractivity contribution in [1.29, 1.82) is 0 Å². The summed E-state index contributed by atoms with van der Waals surface area (Å²) in [6.07, 6.45) is 0.895. The molecular formula is C21H19FN4O2S. The maximum absolute atomic E-state index is 14.2. The van der Waals surface area contributed by atoms with Crippen molar-refractivity contribution in [3.8, 4) is 17.1 Å². The van der Waals surface area contributed by atoms with Crippen molar-refractivity contribution < 1.29 is 9.13 Å². The van der Waals surface area contributed by atoms with Crippen LogP contribution < -0.4 is 10.3 Å². The minimum Gasteiger partial charge on any atom is -0.492 e. The van der Waals surface area contributed by atoms with Crippen molar-refractivity contribution in [1.82, 2.24) is 19.6 Å². The van der Waals surface area contributed by atoms with Gasteiger partial charge in [-0.25, -0.2) is 18.9 Å². The Morgan fingerprint density at radius 2 is 1.93 bits per heavy atom. The van der Waals surface area contributed by atoms with E-state index in [0.29, 0.717) is 28.7 Å². The zero-order valence-electron chi connectivity index (χ0n) is 15.8. The number of benzene rings is 2. The van der Waals surface area contributed by atoms with Gasteiger partial charge in [-0.15, -0.1) is 0 Å².